The summed E-state index contributed by atoms with van der Waals surface area (Å²) in [7, 11) is 0. The second kappa shape index (κ2) is 16.9. The van der Waals surface area contributed by atoms with Crippen LogP contribution in [0.4, 0.5) is 0 Å². The largest absolute Gasteiger partial charge is 0.491 e. The molecule has 182 valence electrons. The monoisotopic (exact) mass is 464 g/mol. The van der Waals surface area contributed by atoms with Crippen LogP contribution in [0.5, 0.6) is 11.5 Å². The first-order chi connectivity index (χ1) is 16.2. The highest BCUT2D eigenvalue weighted by molar-refractivity contribution is 5.87. The molecule has 0 radical (unpaired) electrons. The Morgan fingerprint density at radius 1 is 0.576 bits per heavy atom. The maximum Gasteiger partial charge on any atom is 0.335 e. The number of aliphatic hydroxyl groups is 1. The Balaban J connectivity index is 1.30. The van der Waals surface area contributed by atoms with E-state index in [0.717, 1.165) is 11.3 Å². The number of carbonyl (C=O) groups is 1. The fraction of sp³-hybridized carbons (Fsp3) is 0.458. The Bertz CT molecular complexity index is 763. The van der Waals surface area contributed by atoms with Gasteiger partial charge in [-0.3, -0.25) is 0 Å². The van der Waals surface area contributed by atoms with Crippen molar-refractivity contribution >= 4 is 5.97 Å². The normalized spacial score (nSPS) is 10.8. The number of hydrogen-bond donors (Lipinski definition) is 2. The minimum Gasteiger partial charge on any atom is -0.491 e. The van der Waals surface area contributed by atoms with Gasteiger partial charge in [0.05, 0.1) is 65.0 Å². The Hall–Kier alpha value is -2.69. The molecule has 0 aliphatic carbocycles. The van der Waals surface area contributed by atoms with E-state index < -0.39 is 5.97 Å². The van der Waals surface area contributed by atoms with E-state index in [2.05, 4.69) is 0 Å². The minimum absolute atomic E-state index is 0.0211. The summed E-state index contributed by atoms with van der Waals surface area (Å²) in [6.45, 7) is 4.55. The molecule has 0 heterocycles. The van der Waals surface area contributed by atoms with Crippen molar-refractivity contribution in [2.24, 2.45) is 0 Å². The zero-order valence-electron chi connectivity index (χ0n) is 18.6. The van der Waals surface area contributed by atoms with E-state index in [1.54, 1.807) is 12.1 Å². The number of carboxylic acid groups (broad SMARTS) is 1. The number of ether oxygens (including phenoxy) is 6. The minimum atomic E-state index is -0.965. The Labute approximate surface area is 193 Å². The van der Waals surface area contributed by atoms with Gasteiger partial charge >= 0.3 is 5.97 Å². The molecule has 0 saturated carbocycles. The first-order valence-electron chi connectivity index (χ1n) is 10.8. The van der Waals surface area contributed by atoms with Crippen molar-refractivity contribution in [1.29, 1.82) is 0 Å². The molecule has 0 unspecified atom stereocenters. The predicted octanol–water partition coefficient (Wildman–Crippen LogP) is 2.40. The van der Waals surface area contributed by atoms with Gasteiger partial charge < -0.3 is 38.6 Å². The molecule has 0 bridgehead atoms. The zero-order valence-corrected chi connectivity index (χ0v) is 18.6. The molecule has 0 saturated heterocycles. The van der Waals surface area contributed by atoms with Crippen LogP contribution in [0.1, 0.15) is 15.9 Å². The Morgan fingerprint density at radius 2 is 0.939 bits per heavy atom. The number of rotatable bonds is 19. The highest BCUT2D eigenvalue weighted by Gasteiger charge is 2.02. The summed E-state index contributed by atoms with van der Waals surface area (Å²) in [4.78, 5) is 10.8. The van der Waals surface area contributed by atoms with Gasteiger partial charge in [-0.15, -0.1) is 0 Å². The van der Waals surface area contributed by atoms with Crippen LogP contribution < -0.4 is 9.47 Å². The summed E-state index contributed by atoms with van der Waals surface area (Å²) in [6, 6.07) is 13.5. The molecule has 0 aromatic heterocycles. The number of carboxylic acids is 1. The maximum atomic E-state index is 10.8. The van der Waals surface area contributed by atoms with Gasteiger partial charge in [0.15, 0.2) is 0 Å². The van der Waals surface area contributed by atoms with Crippen molar-refractivity contribution in [3.05, 3.63) is 59.7 Å². The molecule has 0 fully saturated rings. The van der Waals surface area contributed by atoms with E-state index in [9.17, 15) is 4.79 Å². The highest BCUT2D eigenvalue weighted by atomic mass is 16.6. The predicted molar refractivity (Wildman–Crippen MR) is 120 cm³/mol. The van der Waals surface area contributed by atoms with E-state index in [4.69, 9.17) is 38.6 Å². The van der Waals surface area contributed by atoms with Gasteiger partial charge in [0, 0.05) is 0 Å². The fourth-order valence-electron chi connectivity index (χ4n) is 2.58. The van der Waals surface area contributed by atoms with Gasteiger partial charge in [0.1, 0.15) is 24.7 Å². The number of hydrogen-bond acceptors (Lipinski definition) is 8. The van der Waals surface area contributed by atoms with Gasteiger partial charge in [-0.25, -0.2) is 4.79 Å². The lowest BCUT2D eigenvalue weighted by Gasteiger charge is -2.09. The van der Waals surface area contributed by atoms with Crippen molar-refractivity contribution in [2.75, 3.05) is 66.1 Å². The average Bonchev–Trinajstić information content (AvgIpc) is 2.84. The molecule has 2 aromatic rings. The molecule has 0 spiro atoms. The molecule has 0 atom stereocenters. The molecule has 0 aliphatic rings. The second-order valence-electron chi connectivity index (χ2n) is 6.78. The van der Waals surface area contributed by atoms with Crippen LogP contribution in [0.2, 0.25) is 0 Å². The Morgan fingerprint density at radius 3 is 1.30 bits per heavy atom. The van der Waals surface area contributed by atoms with Crippen molar-refractivity contribution in [2.45, 2.75) is 6.61 Å². The quantitative estimate of drug-likeness (QED) is 0.303. The summed E-state index contributed by atoms with van der Waals surface area (Å²) < 4.78 is 32.7. The van der Waals surface area contributed by atoms with Gasteiger partial charge in [-0.05, 0) is 42.0 Å². The fourth-order valence-corrected chi connectivity index (χ4v) is 2.58. The molecule has 2 N–H and O–H groups in total. The standard InChI is InChI=1S/C24H32O9/c25-19-20-1-5-22(6-2-20)32-17-15-30-13-11-28-9-10-29-12-14-31-16-18-33-23-7-3-21(4-8-23)24(26)27/h1-8,25H,9-19H2,(H,26,27). The van der Waals surface area contributed by atoms with Crippen molar-refractivity contribution in [3.63, 3.8) is 0 Å². The summed E-state index contributed by atoms with van der Waals surface area (Å²) in [5.74, 6) is 0.377. The molecule has 2 rings (SSSR count). The van der Waals surface area contributed by atoms with E-state index in [1.807, 2.05) is 24.3 Å². The molecular formula is C24H32O9. The molecular weight excluding hydrogens is 432 g/mol. The van der Waals surface area contributed by atoms with E-state index in [1.165, 1.54) is 12.1 Å². The van der Waals surface area contributed by atoms with Gasteiger partial charge in [-0.1, -0.05) is 12.1 Å². The first kappa shape index (κ1) is 26.6. The molecule has 0 aliphatic heterocycles. The van der Waals surface area contributed by atoms with Crippen LogP contribution >= 0.6 is 0 Å². The topological polar surface area (TPSA) is 113 Å². The number of aliphatic hydroxyl groups excluding tert-OH is 1. The summed E-state index contributed by atoms with van der Waals surface area (Å²) in [6.07, 6.45) is 0. The lowest BCUT2D eigenvalue weighted by atomic mass is 10.2. The van der Waals surface area contributed by atoms with Crippen molar-refractivity contribution < 1.29 is 43.4 Å². The summed E-state index contributed by atoms with van der Waals surface area (Å²) >= 11 is 0. The van der Waals surface area contributed by atoms with Crippen molar-refractivity contribution in [3.8, 4) is 11.5 Å². The lowest BCUT2D eigenvalue weighted by molar-refractivity contribution is -0.00699. The van der Waals surface area contributed by atoms with Crippen LogP contribution in [0.3, 0.4) is 0 Å². The average molecular weight is 465 g/mol. The van der Waals surface area contributed by atoms with Gasteiger partial charge in [0.25, 0.3) is 0 Å². The summed E-state index contributed by atoms with van der Waals surface area (Å²) in [5.41, 5.74) is 1.07. The van der Waals surface area contributed by atoms with E-state index >= 15 is 0 Å². The van der Waals surface area contributed by atoms with Gasteiger partial charge in [0.2, 0.25) is 0 Å². The third kappa shape index (κ3) is 12.2. The van der Waals surface area contributed by atoms with E-state index in [0.29, 0.717) is 71.8 Å². The van der Waals surface area contributed by atoms with Crippen LogP contribution in [-0.2, 0) is 25.6 Å². The molecule has 9 nitrogen and oxygen atoms in total. The third-order valence-electron chi connectivity index (χ3n) is 4.32. The van der Waals surface area contributed by atoms with Crippen LogP contribution in [0.15, 0.2) is 48.5 Å². The first-order valence-corrected chi connectivity index (χ1v) is 10.8. The van der Waals surface area contributed by atoms with Crippen molar-refractivity contribution in [1.82, 2.24) is 0 Å². The molecule has 2 aromatic carbocycles. The SMILES string of the molecule is O=C(O)c1ccc(OCCOCCOCCOCCOCCOc2ccc(CO)cc2)cc1. The summed E-state index contributed by atoms with van der Waals surface area (Å²) in [5, 5.41) is 17.8. The van der Waals surface area contributed by atoms with Crippen LogP contribution in [0, 0.1) is 0 Å². The van der Waals surface area contributed by atoms with E-state index in [-0.39, 0.29) is 12.2 Å². The Kier molecular flexibility index (Phi) is 13.6. The number of benzene rings is 2. The lowest BCUT2D eigenvalue weighted by Crippen LogP contribution is -2.14. The smallest absolute Gasteiger partial charge is 0.335 e. The number of aromatic carboxylic acids is 1. The molecule has 33 heavy (non-hydrogen) atoms. The zero-order chi connectivity index (χ0) is 23.6. The molecule has 9 heteroatoms. The van der Waals surface area contributed by atoms with Crippen LogP contribution in [-0.4, -0.2) is 82.3 Å². The highest BCUT2D eigenvalue weighted by Crippen LogP contribution is 2.12. The van der Waals surface area contributed by atoms with Gasteiger partial charge in [-0.2, -0.15) is 0 Å². The third-order valence-corrected chi connectivity index (χ3v) is 4.32. The molecule has 0 amide bonds. The second-order valence-corrected chi connectivity index (χ2v) is 6.78. The maximum absolute atomic E-state index is 10.8. The van der Waals surface area contributed by atoms with Crippen LogP contribution in [0.25, 0.3) is 0 Å².